The Morgan fingerprint density at radius 2 is 1.97 bits per heavy atom. The number of esters is 1. The highest BCUT2D eigenvalue weighted by Gasteiger charge is 2.36. The van der Waals surface area contributed by atoms with Gasteiger partial charge in [-0.05, 0) is 42.7 Å². The molecule has 184 valence electrons. The van der Waals surface area contributed by atoms with Gasteiger partial charge < -0.3 is 15.0 Å². The van der Waals surface area contributed by atoms with E-state index in [0.29, 0.717) is 47.2 Å². The number of nitrogens with zero attached hydrogens (tertiary/aromatic N) is 3. The summed E-state index contributed by atoms with van der Waals surface area (Å²) >= 11 is 6.64. The number of rotatable bonds is 7. The summed E-state index contributed by atoms with van der Waals surface area (Å²) in [6, 6.07) is 13.4. The number of halogens is 1. The van der Waals surface area contributed by atoms with Gasteiger partial charge in [0.15, 0.2) is 0 Å². The van der Waals surface area contributed by atoms with Gasteiger partial charge in [-0.1, -0.05) is 42.8 Å². The van der Waals surface area contributed by atoms with Gasteiger partial charge in [-0.25, -0.2) is 4.98 Å². The molecule has 1 heterocycles. The Bertz CT molecular complexity index is 1320. The molecule has 0 amide bonds. The van der Waals surface area contributed by atoms with E-state index in [2.05, 4.69) is 5.32 Å². The molecule has 0 saturated heterocycles. The Morgan fingerprint density at radius 1 is 1.23 bits per heavy atom. The molecule has 0 bridgehead atoms. The average Bonchev–Trinajstić information content (AvgIpc) is 3.16. The molecule has 2 aromatic carbocycles. The number of aromatic nitrogens is 2. The first-order valence-corrected chi connectivity index (χ1v) is 12.2. The first kappa shape index (κ1) is 24.8. The largest absolute Gasteiger partial charge is 0.460 e. The van der Waals surface area contributed by atoms with Gasteiger partial charge >= 0.3 is 5.97 Å². The van der Waals surface area contributed by atoms with Crippen molar-refractivity contribution in [3.63, 3.8) is 0 Å². The highest BCUT2D eigenvalue weighted by molar-refractivity contribution is 6.33. The molecule has 4 rings (SSSR count). The molecule has 0 saturated carbocycles. The standard InChI is InChI=1S/C27H31ClN4O3/c1-6-22-25(30-24-19-11-9-8-10-17(19)14-23(24)35-16(3)33)27(34)32(7-2)26(29-22)20-13-12-18(31(4)5)15-21(20)28/h8-13,15,23-24,30H,6-7,14H2,1-5H3/t23-,24?/m0/s1. The number of hydrogen-bond donors (Lipinski definition) is 1. The van der Waals surface area contributed by atoms with E-state index in [0.717, 1.165) is 16.8 Å². The molecule has 1 aliphatic carbocycles. The number of carbonyl (C=O) groups excluding carboxylic acids is 1. The second kappa shape index (κ2) is 10.1. The number of anilines is 2. The van der Waals surface area contributed by atoms with Gasteiger partial charge in [0.05, 0.1) is 16.8 Å². The van der Waals surface area contributed by atoms with Gasteiger partial charge in [-0.2, -0.15) is 0 Å². The third kappa shape index (κ3) is 4.78. The van der Waals surface area contributed by atoms with Crippen molar-refractivity contribution >= 4 is 28.9 Å². The summed E-state index contributed by atoms with van der Waals surface area (Å²) in [7, 11) is 3.90. The Kier molecular flexibility index (Phi) is 7.17. The minimum Gasteiger partial charge on any atom is -0.460 e. The number of benzene rings is 2. The van der Waals surface area contributed by atoms with E-state index in [1.807, 2.05) is 75.3 Å². The predicted molar refractivity (Wildman–Crippen MR) is 140 cm³/mol. The topological polar surface area (TPSA) is 76.5 Å². The zero-order valence-electron chi connectivity index (χ0n) is 20.8. The lowest BCUT2D eigenvalue weighted by Crippen LogP contribution is -2.32. The van der Waals surface area contributed by atoms with Gasteiger partial charge in [0.25, 0.3) is 5.56 Å². The van der Waals surface area contributed by atoms with E-state index in [4.69, 9.17) is 21.3 Å². The summed E-state index contributed by atoms with van der Waals surface area (Å²) in [6.45, 7) is 5.72. The summed E-state index contributed by atoms with van der Waals surface area (Å²) in [4.78, 5) is 32.5. The zero-order valence-corrected chi connectivity index (χ0v) is 21.5. The van der Waals surface area contributed by atoms with Crippen LogP contribution in [0, 0.1) is 0 Å². The van der Waals surface area contributed by atoms with Crippen LogP contribution in [0.15, 0.2) is 47.3 Å². The smallest absolute Gasteiger partial charge is 0.302 e. The summed E-state index contributed by atoms with van der Waals surface area (Å²) in [5, 5.41) is 3.95. The molecule has 3 aromatic rings. The van der Waals surface area contributed by atoms with E-state index in [9.17, 15) is 9.59 Å². The molecular formula is C27H31ClN4O3. The molecule has 8 heteroatoms. The summed E-state index contributed by atoms with van der Waals surface area (Å²) in [5.74, 6) is 0.194. The van der Waals surface area contributed by atoms with Crippen LogP contribution in [0.2, 0.25) is 5.02 Å². The highest BCUT2D eigenvalue weighted by atomic mass is 35.5. The van der Waals surface area contributed by atoms with Crippen LogP contribution >= 0.6 is 11.6 Å². The first-order chi connectivity index (χ1) is 16.7. The Balaban J connectivity index is 1.81. The second-order valence-electron chi connectivity index (χ2n) is 8.89. The molecule has 0 radical (unpaired) electrons. The van der Waals surface area contributed by atoms with Crippen LogP contribution in [0.25, 0.3) is 11.4 Å². The van der Waals surface area contributed by atoms with Crippen LogP contribution in [0.5, 0.6) is 0 Å². The fourth-order valence-electron chi connectivity index (χ4n) is 4.67. The molecule has 7 nitrogen and oxygen atoms in total. The van der Waals surface area contributed by atoms with Crippen molar-refractivity contribution in [2.45, 2.75) is 52.3 Å². The molecule has 0 aliphatic heterocycles. The van der Waals surface area contributed by atoms with Crippen LogP contribution in [0.4, 0.5) is 11.4 Å². The first-order valence-electron chi connectivity index (χ1n) is 11.9. The fourth-order valence-corrected chi connectivity index (χ4v) is 4.93. The van der Waals surface area contributed by atoms with Crippen LogP contribution in [-0.2, 0) is 28.9 Å². The minimum atomic E-state index is -0.406. The quantitative estimate of drug-likeness (QED) is 0.473. The SMILES string of the molecule is CCc1nc(-c2ccc(N(C)C)cc2Cl)n(CC)c(=O)c1NC1c2ccccc2C[C@@H]1OC(C)=O. The van der Waals surface area contributed by atoms with Crippen molar-refractivity contribution in [1.82, 2.24) is 9.55 Å². The van der Waals surface area contributed by atoms with Crippen LogP contribution < -0.4 is 15.8 Å². The molecule has 1 N–H and O–H groups in total. The molecule has 0 spiro atoms. The fraction of sp³-hybridized carbons (Fsp3) is 0.370. The maximum atomic E-state index is 13.8. The third-order valence-corrected chi connectivity index (χ3v) is 6.72. The minimum absolute atomic E-state index is 0.173. The van der Waals surface area contributed by atoms with E-state index in [-0.39, 0.29) is 17.6 Å². The van der Waals surface area contributed by atoms with Gasteiger partial charge in [0.2, 0.25) is 0 Å². The molecule has 0 fully saturated rings. The molecular weight excluding hydrogens is 464 g/mol. The Labute approximate surface area is 210 Å². The van der Waals surface area contributed by atoms with E-state index in [1.165, 1.54) is 6.92 Å². The summed E-state index contributed by atoms with van der Waals surface area (Å²) in [5.41, 5.74) is 4.70. The summed E-state index contributed by atoms with van der Waals surface area (Å²) < 4.78 is 7.27. The Morgan fingerprint density at radius 3 is 2.60 bits per heavy atom. The maximum absolute atomic E-state index is 13.8. The maximum Gasteiger partial charge on any atom is 0.302 e. The highest BCUT2D eigenvalue weighted by Crippen LogP contribution is 2.37. The van der Waals surface area contributed by atoms with Crippen LogP contribution in [0.3, 0.4) is 0 Å². The van der Waals surface area contributed by atoms with E-state index >= 15 is 0 Å². The lowest BCUT2D eigenvalue weighted by atomic mass is 10.1. The van der Waals surface area contributed by atoms with Gasteiger partial charge in [-0.15, -0.1) is 0 Å². The van der Waals surface area contributed by atoms with Crippen LogP contribution in [-0.4, -0.2) is 35.7 Å². The lowest BCUT2D eigenvalue weighted by Gasteiger charge is -2.25. The van der Waals surface area contributed by atoms with Crippen molar-refractivity contribution in [1.29, 1.82) is 0 Å². The molecule has 1 aliphatic rings. The van der Waals surface area contributed by atoms with Gasteiger partial charge in [0, 0.05) is 45.2 Å². The lowest BCUT2D eigenvalue weighted by molar-refractivity contribution is -0.146. The predicted octanol–water partition coefficient (Wildman–Crippen LogP) is 4.85. The number of aryl methyl sites for hydroxylation is 1. The Hall–Kier alpha value is -3.32. The third-order valence-electron chi connectivity index (χ3n) is 6.41. The molecule has 2 atom stereocenters. The molecule has 1 aromatic heterocycles. The van der Waals surface area contributed by atoms with E-state index < -0.39 is 6.10 Å². The number of ether oxygens (including phenoxy) is 1. The van der Waals surface area contributed by atoms with Crippen molar-refractivity contribution in [3.8, 4) is 11.4 Å². The second-order valence-corrected chi connectivity index (χ2v) is 9.30. The van der Waals surface area contributed by atoms with E-state index in [1.54, 1.807) is 4.57 Å². The van der Waals surface area contributed by atoms with Gasteiger partial charge in [-0.3, -0.25) is 14.2 Å². The molecule has 1 unspecified atom stereocenters. The summed E-state index contributed by atoms with van der Waals surface area (Å²) in [6.07, 6.45) is 0.738. The van der Waals surface area contributed by atoms with Crippen molar-refractivity contribution < 1.29 is 9.53 Å². The number of carbonyl (C=O) groups is 1. The van der Waals surface area contributed by atoms with Crippen molar-refractivity contribution in [2.24, 2.45) is 0 Å². The van der Waals surface area contributed by atoms with Gasteiger partial charge in [0.1, 0.15) is 17.6 Å². The van der Waals surface area contributed by atoms with Crippen LogP contribution in [0.1, 0.15) is 43.6 Å². The van der Waals surface area contributed by atoms with Crippen molar-refractivity contribution in [3.05, 3.63) is 74.7 Å². The van der Waals surface area contributed by atoms with Crippen molar-refractivity contribution in [2.75, 3.05) is 24.3 Å². The normalized spacial score (nSPS) is 16.6. The molecule has 35 heavy (non-hydrogen) atoms. The number of hydrogen-bond acceptors (Lipinski definition) is 6. The number of nitrogens with one attached hydrogen (secondary N) is 1. The monoisotopic (exact) mass is 494 g/mol. The number of fused-ring (bicyclic) bond motifs is 1. The average molecular weight is 495 g/mol. The zero-order chi connectivity index (χ0) is 25.3.